The highest BCUT2D eigenvalue weighted by Gasteiger charge is 2.11. The van der Waals surface area contributed by atoms with Crippen LogP contribution in [0.3, 0.4) is 0 Å². The Labute approximate surface area is 176 Å². The van der Waals surface area contributed by atoms with Crippen LogP contribution in [0.4, 0.5) is 0 Å². The molecule has 5 nitrogen and oxygen atoms in total. The first-order chi connectivity index (χ1) is 14.6. The number of aryl methyl sites for hydroxylation is 1. The largest absolute Gasteiger partial charge is 0.334 e. The molecule has 0 saturated carbocycles. The van der Waals surface area contributed by atoms with E-state index in [1.54, 1.807) is 0 Å². The van der Waals surface area contributed by atoms with E-state index in [-0.39, 0.29) is 0 Å². The zero-order chi connectivity index (χ0) is 20.9. The predicted octanol–water partition coefficient (Wildman–Crippen LogP) is 5.01. The van der Waals surface area contributed by atoms with Crippen LogP contribution in [0.15, 0.2) is 77.3 Å². The van der Waals surface area contributed by atoms with E-state index in [9.17, 15) is 4.79 Å². The first kappa shape index (κ1) is 19.7. The lowest BCUT2D eigenvalue weighted by Crippen LogP contribution is -2.19. The number of aromatic nitrogens is 2. The first-order valence-corrected chi connectivity index (χ1v) is 9.85. The summed E-state index contributed by atoms with van der Waals surface area (Å²) in [6.07, 6.45) is 0.904. The summed E-state index contributed by atoms with van der Waals surface area (Å²) in [6, 6.07) is 24.6. The smallest absolute Gasteiger partial charge is 0.258 e. The van der Waals surface area contributed by atoms with Crippen molar-refractivity contribution in [2.45, 2.75) is 13.5 Å². The van der Waals surface area contributed by atoms with E-state index in [0.29, 0.717) is 24.8 Å². The van der Waals surface area contributed by atoms with Gasteiger partial charge in [-0.05, 0) is 42.8 Å². The van der Waals surface area contributed by atoms with Gasteiger partial charge in [-0.15, -0.1) is 0 Å². The molecule has 1 aromatic heterocycles. The van der Waals surface area contributed by atoms with Gasteiger partial charge in [0.1, 0.15) is 6.29 Å². The molecule has 0 radical (unpaired) electrons. The van der Waals surface area contributed by atoms with Crippen molar-refractivity contribution in [1.29, 1.82) is 0 Å². The van der Waals surface area contributed by atoms with Gasteiger partial charge in [0.15, 0.2) is 0 Å². The Morgan fingerprint density at radius 2 is 1.40 bits per heavy atom. The number of hydrogen-bond donors (Lipinski definition) is 0. The minimum Gasteiger partial charge on any atom is -0.334 e. The Hall–Kier alpha value is -3.57. The maximum absolute atomic E-state index is 10.6. The number of rotatable bonds is 7. The maximum Gasteiger partial charge on any atom is 0.258 e. The normalized spacial score (nSPS) is 11.0. The van der Waals surface area contributed by atoms with Gasteiger partial charge in [-0.25, -0.2) is 0 Å². The van der Waals surface area contributed by atoms with Crippen LogP contribution in [-0.4, -0.2) is 34.9 Å². The second-order valence-electron chi connectivity index (χ2n) is 7.43. The quantitative estimate of drug-likeness (QED) is 0.410. The van der Waals surface area contributed by atoms with Crippen LogP contribution in [0.5, 0.6) is 0 Å². The Morgan fingerprint density at radius 1 is 0.833 bits per heavy atom. The third kappa shape index (κ3) is 4.53. The lowest BCUT2D eigenvalue weighted by Gasteiger charge is -2.12. The maximum atomic E-state index is 10.6. The molecule has 0 aliphatic carbocycles. The Balaban J connectivity index is 1.48. The standard InChI is InChI=1S/C25H23N3O2/c1-18-3-7-20(8-4-18)21-11-13-22(14-12-21)24-26-25(30-27-24)23-9-5-19(6-10-23)17-28(2)15-16-29/h3-14,16H,15,17H2,1-2H3. The zero-order valence-electron chi connectivity index (χ0n) is 17.1. The van der Waals surface area contributed by atoms with Crippen molar-refractivity contribution in [3.63, 3.8) is 0 Å². The summed E-state index contributed by atoms with van der Waals surface area (Å²) >= 11 is 0. The minimum atomic E-state index is 0.414. The van der Waals surface area contributed by atoms with E-state index in [4.69, 9.17) is 4.52 Å². The van der Waals surface area contributed by atoms with Gasteiger partial charge >= 0.3 is 0 Å². The number of hydrogen-bond acceptors (Lipinski definition) is 5. The molecule has 0 atom stereocenters. The molecule has 0 amide bonds. The average Bonchev–Trinajstić information content (AvgIpc) is 3.25. The van der Waals surface area contributed by atoms with Crippen LogP contribution in [-0.2, 0) is 11.3 Å². The number of carbonyl (C=O) groups is 1. The Kier molecular flexibility index (Phi) is 5.82. The van der Waals surface area contributed by atoms with Crippen LogP contribution in [0.1, 0.15) is 11.1 Å². The highest BCUT2D eigenvalue weighted by atomic mass is 16.5. The van der Waals surface area contributed by atoms with Crippen LogP contribution < -0.4 is 0 Å². The van der Waals surface area contributed by atoms with E-state index in [1.807, 2.05) is 48.3 Å². The van der Waals surface area contributed by atoms with Gasteiger partial charge in [0.25, 0.3) is 5.89 Å². The molecule has 0 aliphatic rings. The fraction of sp³-hybridized carbons (Fsp3) is 0.160. The van der Waals surface area contributed by atoms with Crippen molar-refractivity contribution < 1.29 is 9.32 Å². The summed E-state index contributed by atoms with van der Waals surface area (Å²) in [5, 5.41) is 4.14. The first-order valence-electron chi connectivity index (χ1n) is 9.85. The molecule has 1 heterocycles. The molecular formula is C25H23N3O2. The highest BCUT2D eigenvalue weighted by molar-refractivity contribution is 5.68. The molecule has 0 spiro atoms. The van der Waals surface area contributed by atoms with Crippen LogP contribution >= 0.6 is 0 Å². The van der Waals surface area contributed by atoms with E-state index < -0.39 is 0 Å². The van der Waals surface area contributed by atoms with Gasteiger partial charge in [-0.2, -0.15) is 4.98 Å². The number of benzene rings is 3. The Bertz CT molecular complexity index is 1110. The third-order valence-electron chi connectivity index (χ3n) is 4.99. The number of nitrogens with zero attached hydrogens (tertiary/aromatic N) is 3. The molecule has 0 unspecified atom stereocenters. The van der Waals surface area contributed by atoms with Gasteiger partial charge in [0.05, 0.1) is 6.54 Å². The second kappa shape index (κ2) is 8.84. The summed E-state index contributed by atoms with van der Waals surface area (Å²) in [4.78, 5) is 17.1. The molecule has 30 heavy (non-hydrogen) atoms. The summed E-state index contributed by atoms with van der Waals surface area (Å²) in [7, 11) is 1.91. The lowest BCUT2D eigenvalue weighted by atomic mass is 10.0. The molecule has 0 N–H and O–H groups in total. The monoisotopic (exact) mass is 397 g/mol. The van der Waals surface area contributed by atoms with Crippen molar-refractivity contribution in [2.75, 3.05) is 13.6 Å². The average molecular weight is 397 g/mol. The third-order valence-corrected chi connectivity index (χ3v) is 4.99. The predicted molar refractivity (Wildman–Crippen MR) is 118 cm³/mol. The number of likely N-dealkylation sites (N-methyl/N-ethyl adjacent to an activating group) is 1. The number of carbonyl (C=O) groups excluding carboxylic acids is 1. The van der Waals surface area contributed by atoms with E-state index in [1.165, 1.54) is 11.1 Å². The van der Waals surface area contributed by atoms with Gasteiger partial charge in [0.2, 0.25) is 5.82 Å². The molecule has 0 saturated heterocycles. The molecule has 5 heteroatoms. The van der Waals surface area contributed by atoms with Crippen LogP contribution in [0.2, 0.25) is 0 Å². The van der Waals surface area contributed by atoms with E-state index in [0.717, 1.165) is 28.5 Å². The van der Waals surface area contributed by atoms with Crippen molar-refractivity contribution in [1.82, 2.24) is 15.0 Å². The zero-order valence-corrected chi connectivity index (χ0v) is 17.1. The van der Waals surface area contributed by atoms with E-state index in [2.05, 4.69) is 53.5 Å². The lowest BCUT2D eigenvalue weighted by molar-refractivity contribution is -0.108. The molecule has 4 aromatic rings. The molecule has 0 fully saturated rings. The molecule has 0 bridgehead atoms. The second-order valence-corrected chi connectivity index (χ2v) is 7.43. The van der Waals surface area contributed by atoms with Gasteiger partial charge in [-0.3, -0.25) is 4.90 Å². The summed E-state index contributed by atoms with van der Waals surface area (Å²) in [5.74, 6) is 1.05. The van der Waals surface area contributed by atoms with Gasteiger partial charge in [0, 0.05) is 17.7 Å². The topological polar surface area (TPSA) is 59.2 Å². The van der Waals surface area contributed by atoms with Gasteiger partial charge in [-0.1, -0.05) is 71.4 Å². The molecule has 0 aliphatic heterocycles. The van der Waals surface area contributed by atoms with Crippen LogP contribution in [0, 0.1) is 6.92 Å². The summed E-state index contributed by atoms with van der Waals surface area (Å²) in [6.45, 7) is 3.21. The van der Waals surface area contributed by atoms with Crippen molar-refractivity contribution >= 4 is 6.29 Å². The van der Waals surface area contributed by atoms with E-state index >= 15 is 0 Å². The minimum absolute atomic E-state index is 0.414. The molecular weight excluding hydrogens is 374 g/mol. The number of aldehydes is 1. The fourth-order valence-electron chi connectivity index (χ4n) is 3.27. The van der Waals surface area contributed by atoms with Crippen LogP contribution in [0.25, 0.3) is 34.0 Å². The fourth-order valence-corrected chi connectivity index (χ4v) is 3.27. The van der Waals surface area contributed by atoms with Crippen molar-refractivity contribution in [2.24, 2.45) is 0 Å². The molecule has 4 rings (SSSR count). The molecule has 150 valence electrons. The van der Waals surface area contributed by atoms with Crippen molar-refractivity contribution in [3.05, 3.63) is 83.9 Å². The van der Waals surface area contributed by atoms with Crippen molar-refractivity contribution in [3.8, 4) is 34.0 Å². The van der Waals surface area contributed by atoms with Gasteiger partial charge < -0.3 is 9.32 Å². The highest BCUT2D eigenvalue weighted by Crippen LogP contribution is 2.26. The molecule has 3 aromatic carbocycles. The SMILES string of the molecule is Cc1ccc(-c2ccc(-c3noc(-c4ccc(CN(C)CC=O)cc4)n3)cc2)cc1. The Morgan fingerprint density at radius 3 is 2.03 bits per heavy atom. The summed E-state index contributed by atoms with van der Waals surface area (Å²) in [5.41, 5.74) is 6.47. The summed E-state index contributed by atoms with van der Waals surface area (Å²) < 4.78 is 5.47.